The Morgan fingerprint density at radius 2 is 2.10 bits per heavy atom. The summed E-state index contributed by atoms with van der Waals surface area (Å²) in [5.41, 5.74) is 2.96. The third-order valence-electron chi connectivity index (χ3n) is 3.06. The highest BCUT2D eigenvalue weighted by Gasteiger charge is 2.09. The fourth-order valence-corrected chi connectivity index (χ4v) is 1.93. The number of ether oxygens (including phenoxy) is 1. The van der Waals surface area contributed by atoms with Crippen LogP contribution in [0, 0.1) is 6.92 Å². The molecule has 1 amide bonds. The van der Waals surface area contributed by atoms with Gasteiger partial charge in [0.15, 0.2) is 0 Å². The minimum absolute atomic E-state index is 0.230. The molecule has 110 valence electrons. The smallest absolute Gasteiger partial charge is 0.274 e. The number of pyridine rings is 1. The van der Waals surface area contributed by atoms with Crippen LogP contribution < -0.4 is 15.4 Å². The van der Waals surface area contributed by atoms with Crippen LogP contribution in [0.1, 0.15) is 23.0 Å². The first-order valence-corrected chi connectivity index (χ1v) is 6.80. The average Bonchev–Trinajstić information content (AvgIpc) is 2.50. The van der Waals surface area contributed by atoms with E-state index in [-0.39, 0.29) is 5.91 Å². The molecule has 0 bridgehead atoms. The SMILES string of the molecule is CCNc1ccc(C(=O)Nc2ccc(OC)cc2C)nc1. The highest BCUT2D eigenvalue weighted by molar-refractivity contribution is 6.03. The molecule has 1 aromatic heterocycles. The fraction of sp³-hybridized carbons (Fsp3) is 0.250. The molecule has 21 heavy (non-hydrogen) atoms. The van der Waals surface area contributed by atoms with Gasteiger partial charge in [0.05, 0.1) is 19.0 Å². The van der Waals surface area contributed by atoms with Crippen LogP contribution in [0.3, 0.4) is 0 Å². The summed E-state index contributed by atoms with van der Waals surface area (Å²) >= 11 is 0. The Morgan fingerprint density at radius 1 is 1.29 bits per heavy atom. The lowest BCUT2D eigenvalue weighted by molar-refractivity contribution is 0.102. The number of hydrogen-bond donors (Lipinski definition) is 2. The normalized spacial score (nSPS) is 10.0. The number of nitrogens with zero attached hydrogens (tertiary/aromatic N) is 1. The van der Waals surface area contributed by atoms with Crippen LogP contribution >= 0.6 is 0 Å². The van der Waals surface area contributed by atoms with Gasteiger partial charge in [0.25, 0.3) is 5.91 Å². The van der Waals surface area contributed by atoms with Crippen molar-refractivity contribution in [3.63, 3.8) is 0 Å². The lowest BCUT2D eigenvalue weighted by Crippen LogP contribution is -2.14. The second-order valence-corrected chi connectivity index (χ2v) is 4.60. The van der Waals surface area contributed by atoms with Gasteiger partial charge in [0.2, 0.25) is 0 Å². The minimum Gasteiger partial charge on any atom is -0.497 e. The first-order valence-electron chi connectivity index (χ1n) is 6.80. The predicted molar refractivity (Wildman–Crippen MR) is 84.1 cm³/mol. The van der Waals surface area contributed by atoms with E-state index in [9.17, 15) is 4.79 Å². The largest absolute Gasteiger partial charge is 0.497 e. The summed E-state index contributed by atoms with van der Waals surface area (Å²) in [6.07, 6.45) is 1.65. The minimum atomic E-state index is -0.230. The maximum Gasteiger partial charge on any atom is 0.274 e. The topological polar surface area (TPSA) is 63.2 Å². The van der Waals surface area contributed by atoms with E-state index in [0.29, 0.717) is 5.69 Å². The molecule has 0 spiro atoms. The van der Waals surface area contributed by atoms with Crippen LogP contribution in [0.15, 0.2) is 36.5 Å². The molecule has 0 aliphatic rings. The quantitative estimate of drug-likeness (QED) is 0.886. The fourth-order valence-electron chi connectivity index (χ4n) is 1.93. The number of anilines is 2. The van der Waals surface area contributed by atoms with Gasteiger partial charge in [-0.1, -0.05) is 0 Å². The Bertz CT molecular complexity index is 624. The van der Waals surface area contributed by atoms with E-state index in [2.05, 4.69) is 15.6 Å². The Labute approximate surface area is 124 Å². The third kappa shape index (κ3) is 3.72. The standard InChI is InChI=1S/C16H19N3O2/c1-4-17-12-5-7-15(18-10-12)16(20)19-14-8-6-13(21-3)9-11(14)2/h5-10,17H,4H2,1-3H3,(H,19,20). The van der Waals surface area contributed by atoms with Gasteiger partial charge >= 0.3 is 0 Å². The van der Waals surface area contributed by atoms with Crippen molar-refractivity contribution in [3.05, 3.63) is 47.8 Å². The van der Waals surface area contributed by atoms with Crippen LogP contribution in [0.25, 0.3) is 0 Å². The van der Waals surface area contributed by atoms with E-state index in [4.69, 9.17) is 4.74 Å². The lowest BCUT2D eigenvalue weighted by atomic mass is 10.2. The first-order chi connectivity index (χ1) is 10.1. The molecule has 1 aromatic carbocycles. The Morgan fingerprint density at radius 3 is 2.67 bits per heavy atom. The van der Waals surface area contributed by atoms with Crippen molar-refractivity contribution in [2.75, 3.05) is 24.3 Å². The van der Waals surface area contributed by atoms with Gasteiger partial charge in [-0.05, 0) is 49.7 Å². The zero-order valence-corrected chi connectivity index (χ0v) is 12.4. The van der Waals surface area contributed by atoms with E-state index < -0.39 is 0 Å². The summed E-state index contributed by atoms with van der Waals surface area (Å²) in [5, 5.41) is 5.99. The Balaban J connectivity index is 2.10. The molecule has 0 saturated carbocycles. The summed E-state index contributed by atoms with van der Waals surface area (Å²) in [6, 6.07) is 9.04. The van der Waals surface area contributed by atoms with Crippen molar-refractivity contribution in [2.45, 2.75) is 13.8 Å². The van der Waals surface area contributed by atoms with E-state index in [1.165, 1.54) is 0 Å². The van der Waals surface area contributed by atoms with Gasteiger partial charge in [-0.2, -0.15) is 0 Å². The number of amides is 1. The van der Waals surface area contributed by atoms with Crippen molar-refractivity contribution in [1.29, 1.82) is 0 Å². The van der Waals surface area contributed by atoms with Gasteiger partial charge in [0, 0.05) is 12.2 Å². The Kier molecular flexibility index (Phi) is 4.77. The Hall–Kier alpha value is -2.56. The van der Waals surface area contributed by atoms with Crippen molar-refractivity contribution in [1.82, 2.24) is 4.98 Å². The molecular weight excluding hydrogens is 266 g/mol. The third-order valence-corrected chi connectivity index (χ3v) is 3.06. The number of methoxy groups -OCH3 is 1. The first kappa shape index (κ1) is 14.8. The molecule has 5 nitrogen and oxygen atoms in total. The summed E-state index contributed by atoms with van der Waals surface area (Å²) in [5.74, 6) is 0.532. The number of aryl methyl sites for hydroxylation is 1. The molecule has 0 atom stereocenters. The predicted octanol–water partition coefficient (Wildman–Crippen LogP) is 3.08. The maximum absolute atomic E-state index is 12.2. The number of hydrogen-bond acceptors (Lipinski definition) is 4. The second-order valence-electron chi connectivity index (χ2n) is 4.60. The van der Waals surface area contributed by atoms with Crippen LogP contribution in [0.4, 0.5) is 11.4 Å². The zero-order chi connectivity index (χ0) is 15.2. The van der Waals surface area contributed by atoms with Crippen LogP contribution in [0.5, 0.6) is 5.75 Å². The molecule has 0 aliphatic heterocycles. The number of carbonyl (C=O) groups excluding carboxylic acids is 1. The molecule has 0 unspecified atom stereocenters. The molecule has 0 aliphatic carbocycles. The second kappa shape index (κ2) is 6.74. The van der Waals surface area contributed by atoms with Gasteiger partial charge < -0.3 is 15.4 Å². The lowest BCUT2D eigenvalue weighted by Gasteiger charge is -2.10. The van der Waals surface area contributed by atoms with Crippen LogP contribution in [0.2, 0.25) is 0 Å². The van der Waals surface area contributed by atoms with Gasteiger partial charge in [-0.15, -0.1) is 0 Å². The van der Waals surface area contributed by atoms with E-state index >= 15 is 0 Å². The van der Waals surface area contributed by atoms with Crippen molar-refractivity contribution < 1.29 is 9.53 Å². The van der Waals surface area contributed by atoms with Gasteiger partial charge in [-0.3, -0.25) is 4.79 Å². The molecule has 0 saturated heterocycles. The van der Waals surface area contributed by atoms with Crippen LogP contribution in [-0.4, -0.2) is 24.5 Å². The summed E-state index contributed by atoms with van der Waals surface area (Å²) in [7, 11) is 1.61. The van der Waals surface area contributed by atoms with E-state index in [0.717, 1.165) is 29.2 Å². The monoisotopic (exact) mass is 285 g/mol. The number of rotatable bonds is 5. The molecule has 2 N–H and O–H groups in total. The molecule has 0 fully saturated rings. The molecule has 5 heteroatoms. The average molecular weight is 285 g/mol. The number of aromatic nitrogens is 1. The molecular formula is C16H19N3O2. The zero-order valence-electron chi connectivity index (χ0n) is 12.4. The summed E-state index contributed by atoms with van der Waals surface area (Å²) < 4.78 is 5.14. The molecule has 1 heterocycles. The van der Waals surface area contributed by atoms with E-state index in [1.807, 2.05) is 38.1 Å². The molecule has 0 radical (unpaired) electrons. The maximum atomic E-state index is 12.2. The van der Waals surface area contributed by atoms with E-state index in [1.54, 1.807) is 19.4 Å². The number of nitrogens with one attached hydrogen (secondary N) is 2. The number of carbonyl (C=O) groups is 1. The van der Waals surface area contributed by atoms with Gasteiger partial charge in [0.1, 0.15) is 11.4 Å². The van der Waals surface area contributed by atoms with Gasteiger partial charge in [-0.25, -0.2) is 4.98 Å². The van der Waals surface area contributed by atoms with Crippen molar-refractivity contribution in [2.24, 2.45) is 0 Å². The highest BCUT2D eigenvalue weighted by atomic mass is 16.5. The molecule has 2 aromatic rings. The summed E-state index contributed by atoms with van der Waals surface area (Å²) in [4.78, 5) is 16.3. The van der Waals surface area contributed by atoms with Crippen LogP contribution in [-0.2, 0) is 0 Å². The highest BCUT2D eigenvalue weighted by Crippen LogP contribution is 2.21. The van der Waals surface area contributed by atoms with Crippen molar-refractivity contribution in [3.8, 4) is 5.75 Å². The molecule has 2 rings (SSSR count). The van der Waals surface area contributed by atoms with Crippen molar-refractivity contribution >= 4 is 17.3 Å². The summed E-state index contributed by atoms with van der Waals surface area (Å²) in [6.45, 7) is 4.74. The number of benzene rings is 1.